The van der Waals surface area contributed by atoms with E-state index >= 15 is 0 Å². The minimum atomic E-state index is 0.201. The average molecular weight is 273 g/mol. The summed E-state index contributed by atoms with van der Waals surface area (Å²) < 4.78 is 0.969. The van der Waals surface area contributed by atoms with Gasteiger partial charge in [-0.15, -0.1) is 0 Å². The molecule has 1 rings (SSSR count). The van der Waals surface area contributed by atoms with Crippen LogP contribution >= 0.6 is 15.9 Å². The highest BCUT2D eigenvalue weighted by molar-refractivity contribution is 9.10. The minimum absolute atomic E-state index is 0.201. The van der Waals surface area contributed by atoms with Crippen molar-refractivity contribution in [3.05, 3.63) is 22.8 Å². The van der Waals surface area contributed by atoms with Crippen LogP contribution in [0.2, 0.25) is 0 Å². The highest BCUT2D eigenvalue weighted by atomic mass is 79.9. The standard InChI is InChI=1S/C11H17BrN2O/c1-8(2)10(5-6-15)14-11-4-3-9(12)7-13-11/h3-4,7-8,10,15H,5-6H2,1-2H3,(H,13,14)/t10-/m0/s1. The number of hydrogen-bond donors (Lipinski definition) is 2. The van der Waals surface area contributed by atoms with Crippen LogP contribution in [0, 0.1) is 5.92 Å². The third kappa shape index (κ3) is 4.18. The van der Waals surface area contributed by atoms with Crippen molar-refractivity contribution in [1.82, 2.24) is 4.98 Å². The van der Waals surface area contributed by atoms with Crippen molar-refractivity contribution < 1.29 is 5.11 Å². The maximum atomic E-state index is 8.94. The zero-order valence-electron chi connectivity index (χ0n) is 9.07. The molecule has 0 unspecified atom stereocenters. The van der Waals surface area contributed by atoms with Gasteiger partial charge in [0.25, 0.3) is 0 Å². The van der Waals surface area contributed by atoms with E-state index in [1.165, 1.54) is 0 Å². The van der Waals surface area contributed by atoms with Crippen LogP contribution in [-0.2, 0) is 0 Å². The first kappa shape index (κ1) is 12.5. The summed E-state index contributed by atoms with van der Waals surface area (Å²) in [5.74, 6) is 1.33. The van der Waals surface area contributed by atoms with Gasteiger partial charge in [-0.3, -0.25) is 0 Å². The van der Waals surface area contributed by atoms with Crippen LogP contribution in [0.15, 0.2) is 22.8 Å². The van der Waals surface area contributed by atoms with E-state index in [1.54, 1.807) is 6.20 Å². The predicted octanol–water partition coefficient (Wildman–Crippen LogP) is 2.66. The summed E-state index contributed by atoms with van der Waals surface area (Å²) in [6, 6.07) is 4.14. The van der Waals surface area contributed by atoms with E-state index in [1.807, 2.05) is 12.1 Å². The number of hydrogen-bond acceptors (Lipinski definition) is 3. The topological polar surface area (TPSA) is 45.1 Å². The second kappa shape index (κ2) is 6.08. The van der Waals surface area contributed by atoms with E-state index in [4.69, 9.17) is 5.11 Å². The molecule has 15 heavy (non-hydrogen) atoms. The molecule has 1 aromatic heterocycles. The Morgan fingerprint density at radius 3 is 2.67 bits per heavy atom. The Morgan fingerprint density at radius 2 is 2.20 bits per heavy atom. The molecule has 0 saturated carbocycles. The average Bonchev–Trinajstić information content (AvgIpc) is 2.20. The van der Waals surface area contributed by atoms with Crippen molar-refractivity contribution in [2.75, 3.05) is 11.9 Å². The van der Waals surface area contributed by atoms with Crippen LogP contribution in [0.25, 0.3) is 0 Å². The molecule has 0 fully saturated rings. The number of pyridine rings is 1. The fourth-order valence-corrected chi connectivity index (χ4v) is 1.60. The third-order valence-corrected chi connectivity index (χ3v) is 2.77. The number of nitrogens with zero attached hydrogens (tertiary/aromatic N) is 1. The van der Waals surface area contributed by atoms with Gasteiger partial charge in [0, 0.05) is 23.3 Å². The Morgan fingerprint density at radius 1 is 1.47 bits per heavy atom. The molecule has 0 aliphatic heterocycles. The van der Waals surface area contributed by atoms with Gasteiger partial charge >= 0.3 is 0 Å². The van der Waals surface area contributed by atoms with Gasteiger partial charge in [0.05, 0.1) is 0 Å². The van der Waals surface area contributed by atoms with Gasteiger partial charge in [-0.25, -0.2) is 4.98 Å². The van der Waals surface area contributed by atoms with Crippen molar-refractivity contribution in [2.45, 2.75) is 26.3 Å². The van der Waals surface area contributed by atoms with Crippen molar-refractivity contribution in [2.24, 2.45) is 5.92 Å². The molecular weight excluding hydrogens is 256 g/mol. The predicted molar refractivity (Wildman–Crippen MR) is 65.9 cm³/mol. The molecule has 2 N–H and O–H groups in total. The fourth-order valence-electron chi connectivity index (χ4n) is 1.36. The molecule has 0 aliphatic rings. The Balaban J connectivity index is 2.61. The largest absolute Gasteiger partial charge is 0.396 e. The Labute approximate surface area is 99.1 Å². The summed E-state index contributed by atoms with van der Waals surface area (Å²) in [7, 11) is 0. The lowest BCUT2D eigenvalue weighted by Crippen LogP contribution is -2.27. The third-order valence-electron chi connectivity index (χ3n) is 2.31. The molecule has 0 aromatic carbocycles. The van der Waals surface area contributed by atoms with Crippen LogP contribution in [0.1, 0.15) is 20.3 Å². The van der Waals surface area contributed by atoms with Gasteiger partial charge in [0.2, 0.25) is 0 Å². The van der Waals surface area contributed by atoms with Crippen LogP contribution in [0.3, 0.4) is 0 Å². The lowest BCUT2D eigenvalue weighted by Gasteiger charge is -2.21. The van der Waals surface area contributed by atoms with E-state index in [9.17, 15) is 0 Å². The van der Waals surface area contributed by atoms with Crippen LogP contribution < -0.4 is 5.32 Å². The van der Waals surface area contributed by atoms with Gasteiger partial charge in [0.15, 0.2) is 0 Å². The number of rotatable bonds is 5. The number of aromatic nitrogens is 1. The monoisotopic (exact) mass is 272 g/mol. The molecule has 0 amide bonds. The van der Waals surface area contributed by atoms with Crippen molar-refractivity contribution in [1.29, 1.82) is 0 Å². The number of halogens is 1. The highest BCUT2D eigenvalue weighted by Crippen LogP contribution is 2.15. The summed E-state index contributed by atoms with van der Waals surface area (Å²) in [4.78, 5) is 4.24. The summed E-state index contributed by atoms with van der Waals surface area (Å²) in [5, 5.41) is 12.3. The number of aliphatic hydroxyl groups excluding tert-OH is 1. The molecule has 84 valence electrons. The van der Waals surface area contributed by atoms with Crippen molar-refractivity contribution >= 4 is 21.7 Å². The summed E-state index contributed by atoms with van der Waals surface area (Å²) >= 11 is 3.34. The van der Waals surface area contributed by atoms with E-state index < -0.39 is 0 Å². The minimum Gasteiger partial charge on any atom is -0.396 e. The summed E-state index contributed by atoms with van der Waals surface area (Å²) in [6.45, 7) is 4.46. The van der Waals surface area contributed by atoms with Crippen molar-refractivity contribution in [3.8, 4) is 0 Å². The van der Waals surface area contributed by atoms with Crippen molar-refractivity contribution in [3.63, 3.8) is 0 Å². The maximum Gasteiger partial charge on any atom is 0.126 e. The second-order valence-corrected chi connectivity index (χ2v) is 4.78. The van der Waals surface area contributed by atoms with Crippen LogP contribution in [0.5, 0.6) is 0 Å². The molecule has 1 heterocycles. The Bertz CT molecular complexity index is 287. The lowest BCUT2D eigenvalue weighted by atomic mass is 10.0. The first-order chi connectivity index (χ1) is 7.13. The van der Waals surface area contributed by atoms with Crippen LogP contribution in [0.4, 0.5) is 5.82 Å². The van der Waals surface area contributed by atoms with Gasteiger partial charge < -0.3 is 10.4 Å². The molecule has 1 atom stereocenters. The number of nitrogens with one attached hydrogen (secondary N) is 1. The quantitative estimate of drug-likeness (QED) is 0.867. The molecule has 0 saturated heterocycles. The zero-order chi connectivity index (χ0) is 11.3. The molecule has 0 bridgehead atoms. The molecule has 3 nitrogen and oxygen atoms in total. The Kier molecular flexibility index (Phi) is 5.05. The van der Waals surface area contributed by atoms with Gasteiger partial charge in [0.1, 0.15) is 5.82 Å². The maximum absolute atomic E-state index is 8.94. The Hall–Kier alpha value is -0.610. The van der Waals surface area contributed by atoms with E-state index in [2.05, 4.69) is 40.1 Å². The normalized spacial score (nSPS) is 12.9. The first-order valence-corrected chi connectivity index (χ1v) is 5.91. The fraction of sp³-hybridized carbons (Fsp3) is 0.545. The molecule has 4 heteroatoms. The van der Waals surface area contributed by atoms with E-state index in [0.717, 1.165) is 16.7 Å². The second-order valence-electron chi connectivity index (χ2n) is 3.87. The molecule has 0 radical (unpaired) electrons. The van der Waals surface area contributed by atoms with E-state index in [-0.39, 0.29) is 12.6 Å². The zero-order valence-corrected chi connectivity index (χ0v) is 10.7. The van der Waals surface area contributed by atoms with E-state index in [0.29, 0.717) is 5.92 Å². The molecule has 0 aliphatic carbocycles. The van der Waals surface area contributed by atoms with Crippen LogP contribution in [-0.4, -0.2) is 22.7 Å². The van der Waals surface area contributed by atoms with Gasteiger partial charge in [-0.1, -0.05) is 13.8 Å². The molecular formula is C11H17BrN2O. The number of aliphatic hydroxyl groups is 1. The molecule has 1 aromatic rings. The highest BCUT2D eigenvalue weighted by Gasteiger charge is 2.12. The summed E-state index contributed by atoms with van der Waals surface area (Å²) in [6.07, 6.45) is 2.51. The van der Waals surface area contributed by atoms with Gasteiger partial charge in [-0.2, -0.15) is 0 Å². The lowest BCUT2D eigenvalue weighted by molar-refractivity contribution is 0.267. The summed E-state index contributed by atoms with van der Waals surface area (Å²) in [5.41, 5.74) is 0. The first-order valence-electron chi connectivity index (χ1n) is 5.12. The smallest absolute Gasteiger partial charge is 0.126 e. The number of anilines is 1. The van der Waals surface area contributed by atoms with Gasteiger partial charge in [-0.05, 0) is 40.4 Å². The molecule has 0 spiro atoms. The SMILES string of the molecule is CC(C)[C@H](CCO)Nc1ccc(Br)cn1.